The first-order valence-corrected chi connectivity index (χ1v) is 10.1. The lowest BCUT2D eigenvalue weighted by molar-refractivity contribution is -0.117. The maximum Gasteiger partial charge on any atom is 0.296 e. The topological polar surface area (TPSA) is 79.7 Å². The van der Waals surface area contributed by atoms with E-state index in [1.54, 1.807) is 49.0 Å². The summed E-state index contributed by atoms with van der Waals surface area (Å²) in [5.74, 6) is -1.09. The molecule has 1 N–H and O–H groups in total. The molecule has 0 aliphatic carbocycles. The van der Waals surface area contributed by atoms with E-state index in [4.69, 9.17) is 4.74 Å². The summed E-state index contributed by atoms with van der Waals surface area (Å²) in [7, 11) is 1.54. The zero-order valence-electron chi connectivity index (χ0n) is 16.1. The first-order chi connectivity index (χ1) is 14.6. The molecule has 6 nitrogen and oxygen atoms in total. The van der Waals surface area contributed by atoms with Crippen molar-refractivity contribution in [3.63, 3.8) is 0 Å². The Labute approximate surface area is 177 Å². The zero-order valence-corrected chi connectivity index (χ0v) is 16.9. The standard InChI is InChI=1S/C23H18N2O4S/c1-29-17-9-5-8-16(14-17)20-19(18(26)11-10-15-6-3-2-4-7-15)21(27)22(28)25(20)23-24-12-13-30-23/h2-14,20,27H,1H3/b11-10+. The van der Waals surface area contributed by atoms with Gasteiger partial charge >= 0.3 is 0 Å². The number of hydrogen-bond acceptors (Lipinski definition) is 6. The van der Waals surface area contributed by atoms with Crippen molar-refractivity contribution in [2.45, 2.75) is 6.04 Å². The van der Waals surface area contributed by atoms with Crippen molar-refractivity contribution in [1.29, 1.82) is 0 Å². The first kappa shape index (κ1) is 19.6. The molecule has 1 unspecified atom stereocenters. The highest BCUT2D eigenvalue weighted by atomic mass is 32.1. The van der Waals surface area contributed by atoms with Gasteiger partial charge < -0.3 is 9.84 Å². The van der Waals surface area contributed by atoms with Crippen molar-refractivity contribution in [3.05, 3.63) is 94.7 Å². The predicted molar refractivity (Wildman–Crippen MR) is 115 cm³/mol. The second-order valence-electron chi connectivity index (χ2n) is 6.54. The summed E-state index contributed by atoms with van der Waals surface area (Å²) in [5.41, 5.74) is 1.49. The molecule has 0 saturated carbocycles. The number of allylic oxidation sites excluding steroid dienone is 1. The van der Waals surface area contributed by atoms with Gasteiger partial charge in [-0.25, -0.2) is 4.98 Å². The molecule has 1 aromatic heterocycles. The summed E-state index contributed by atoms with van der Waals surface area (Å²) >= 11 is 1.25. The number of carbonyl (C=O) groups excluding carboxylic acids is 2. The summed E-state index contributed by atoms with van der Waals surface area (Å²) in [6.45, 7) is 0. The molecule has 0 fully saturated rings. The van der Waals surface area contributed by atoms with Gasteiger partial charge in [0.2, 0.25) is 0 Å². The van der Waals surface area contributed by atoms with E-state index in [0.717, 1.165) is 5.56 Å². The van der Waals surface area contributed by atoms with Gasteiger partial charge in [-0.3, -0.25) is 14.5 Å². The lowest BCUT2D eigenvalue weighted by atomic mass is 9.95. The number of amides is 1. The van der Waals surface area contributed by atoms with Crippen LogP contribution >= 0.6 is 11.3 Å². The van der Waals surface area contributed by atoms with Crippen LogP contribution in [-0.2, 0) is 9.59 Å². The molecule has 4 rings (SSSR count). The number of thiazole rings is 1. The van der Waals surface area contributed by atoms with Gasteiger partial charge in [0.15, 0.2) is 16.7 Å². The largest absolute Gasteiger partial charge is 0.503 e. The van der Waals surface area contributed by atoms with Crippen LogP contribution < -0.4 is 9.64 Å². The van der Waals surface area contributed by atoms with E-state index in [1.807, 2.05) is 30.3 Å². The fourth-order valence-corrected chi connectivity index (χ4v) is 4.01. The second kappa shape index (κ2) is 8.34. The minimum Gasteiger partial charge on any atom is -0.503 e. The predicted octanol–water partition coefficient (Wildman–Crippen LogP) is 4.33. The van der Waals surface area contributed by atoms with Crippen LogP contribution in [0.4, 0.5) is 5.13 Å². The molecule has 2 heterocycles. The van der Waals surface area contributed by atoms with Crippen LogP contribution in [0.3, 0.4) is 0 Å². The molecule has 30 heavy (non-hydrogen) atoms. The van der Waals surface area contributed by atoms with Crippen molar-refractivity contribution < 1.29 is 19.4 Å². The lowest BCUT2D eigenvalue weighted by Crippen LogP contribution is -2.30. The Morgan fingerprint density at radius 3 is 2.70 bits per heavy atom. The fraction of sp³-hybridized carbons (Fsp3) is 0.0870. The van der Waals surface area contributed by atoms with Crippen molar-refractivity contribution in [3.8, 4) is 5.75 Å². The van der Waals surface area contributed by atoms with Crippen molar-refractivity contribution in [2.24, 2.45) is 0 Å². The van der Waals surface area contributed by atoms with Gasteiger partial charge in [-0.2, -0.15) is 0 Å². The van der Waals surface area contributed by atoms with Gasteiger partial charge in [-0.1, -0.05) is 48.5 Å². The number of aliphatic hydroxyl groups excluding tert-OH is 1. The molecule has 0 radical (unpaired) electrons. The number of methoxy groups -OCH3 is 1. The third-order valence-electron chi connectivity index (χ3n) is 4.74. The molecule has 1 aliphatic rings. The Kier molecular flexibility index (Phi) is 5.45. The third-order valence-corrected chi connectivity index (χ3v) is 5.51. The molecule has 7 heteroatoms. The van der Waals surface area contributed by atoms with Crippen LogP contribution in [0.25, 0.3) is 6.08 Å². The third kappa shape index (κ3) is 3.62. The van der Waals surface area contributed by atoms with Crippen molar-refractivity contribution in [2.75, 3.05) is 12.0 Å². The second-order valence-corrected chi connectivity index (χ2v) is 7.41. The number of aromatic nitrogens is 1. The molecule has 0 bridgehead atoms. The molecular formula is C23H18N2O4S. The molecular weight excluding hydrogens is 400 g/mol. The van der Waals surface area contributed by atoms with Crippen molar-refractivity contribution in [1.82, 2.24) is 4.98 Å². The van der Waals surface area contributed by atoms with E-state index in [-0.39, 0.29) is 5.57 Å². The van der Waals surface area contributed by atoms with Gasteiger partial charge in [0, 0.05) is 11.6 Å². The van der Waals surface area contributed by atoms with Gasteiger partial charge in [0.1, 0.15) is 5.75 Å². The minimum atomic E-state index is -0.813. The lowest BCUT2D eigenvalue weighted by Gasteiger charge is -2.24. The molecule has 3 aromatic rings. The van der Waals surface area contributed by atoms with Crippen LogP contribution in [0.5, 0.6) is 5.75 Å². The number of nitrogens with zero attached hydrogens (tertiary/aromatic N) is 2. The fourth-order valence-electron chi connectivity index (χ4n) is 3.34. The van der Waals surface area contributed by atoms with Crippen LogP contribution in [0.1, 0.15) is 17.2 Å². The summed E-state index contributed by atoms with van der Waals surface area (Å²) in [4.78, 5) is 31.6. The van der Waals surface area contributed by atoms with Gasteiger partial charge in [0.25, 0.3) is 5.91 Å². The highest BCUT2D eigenvalue weighted by molar-refractivity contribution is 7.13. The molecule has 1 atom stereocenters. The van der Waals surface area contributed by atoms with Crippen LogP contribution in [0.15, 0.2) is 83.6 Å². The normalized spacial score (nSPS) is 16.5. The number of ether oxygens (including phenoxy) is 1. The zero-order chi connectivity index (χ0) is 21.1. The van der Waals surface area contributed by atoms with E-state index < -0.39 is 23.5 Å². The van der Waals surface area contributed by atoms with E-state index in [9.17, 15) is 14.7 Å². The quantitative estimate of drug-likeness (QED) is 0.603. The average Bonchev–Trinajstić information content (AvgIpc) is 3.40. The van der Waals surface area contributed by atoms with E-state index in [0.29, 0.717) is 16.4 Å². The molecule has 1 aliphatic heterocycles. The molecule has 0 spiro atoms. The maximum atomic E-state index is 13.1. The number of hydrogen-bond donors (Lipinski definition) is 1. The maximum absolute atomic E-state index is 13.1. The Morgan fingerprint density at radius 2 is 2.00 bits per heavy atom. The van der Waals surface area contributed by atoms with Gasteiger partial charge in [-0.05, 0) is 29.3 Å². The summed E-state index contributed by atoms with van der Waals surface area (Å²) in [6, 6.07) is 15.6. The minimum absolute atomic E-state index is 0.00985. The van der Waals surface area contributed by atoms with Gasteiger partial charge in [-0.15, -0.1) is 11.3 Å². The van der Waals surface area contributed by atoms with Crippen molar-refractivity contribution >= 4 is 34.2 Å². The molecule has 2 aromatic carbocycles. The Morgan fingerprint density at radius 1 is 1.20 bits per heavy atom. The number of ketones is 1. The highest BCUT2D eigenvalue weighted by Gasteiger charge is 2.44. The van der Waals surface area contributed by atoms with E-state index in [2.05, 4.69) is 4.98 Å². The Hall–Kier alpha value is -3.71. The van der Waals surface area contributed by atoms with E-state index in [1.165, 1.54) is 22.3 Å². The van der Waals surface area contributed by atoms with E-state index >= 15 is 0 Å². The number of anilines is 1. The SMILES string of the molecule is COc1cccc(C2C(C(=O)/C=C/c3ccccc3)=C(O)C(=O)N2c2nccs2)c1. The van der Waals surface area contributed by atoms with Gasteiger partial charge in [0.05, 0.1) is 18.7 Å². The molecule has 150 valence electrons. The van der Waals surface area contributed by atoms with Crippen LogP contribution in [0.2, 0.25) is 0 Å². The van der Waals surface area contributed by atoms with Crippen LogP contribution in [-0.4, -0.2) is 28.9 Å². The highest BCUT2D eigenvalue weighted by Crippen LogP contribution is 2.42. The number of aliphatic hydroxyl groups is 1. The molecule has 0 saturated heterocycles. The monoisotopic (exact) mass is 418 g/mol. The summed E-state index contributed by atoms with van der Waals surface area (Å²) < 4.78 is 5.30. The Balaban J connectivity index is 1.78. The van der Waals surface area contributed by atoms with Crippen LogP contribution in [0, 0.1) is 0 Å². The average molecular weight is 418 g/mol. The molecule has 1 amide bonds. The smallest absolute Gasteiger partial charge is 0.296 e. The summed E-state index contributed by atoms with van der Waals surface area (Å²) in [5, 5.41) is 12.8. The number of carbonyl (C=O) groups is 2. The number of rotatable bonds is 6. The Bertz CT molecular complexity index is 1140. The summed E-state index contributed by atoms with van der Waals surface area (Å²) in [6.07, 6.45) is 4.59. The number of benzene rings is 2. The first-order valence-electron chi connectivity index (χ1n) is 9.17.